The topological polar surface area (TPSA) is 69.2 Å². The lowest BCUT2D eigenvalue weighted by Crippen LogP contribution is -2.33. The van der Waals surface area contributed by atoms with Crippen LogP contribution in [0, 0.1) is 10.1 Å². The number of nitrogens with two attached hydrogens (primary N) is 1. The van der Waals surface area contributed by atoms with E-state index >= 15 is 0 Å². The Balaban J connectivity index is 3.22. The van der Waals surface area contributed by atoms with Crippen LogP contribution in [0.4, 0.5) is 4.39 Å². The van der Waals surface area contributed by atoms with Crippen molar-refractivity contribution in [2.75, 3.05) is 0 Å². The number of rotatable bonds is 1. The second-order valence-electron chi connectivity index (χ2n) is 4.01. The van der Waals surface area contributed by atoms with E-state index in [9.17, 15) is 14.5 Å². The van der Waals surface area contributed by atoms with Crippen LogP contribution in [0.1, 0.15) is 13.8 Å². The quantitative estimate of drug-likeness (QED) is 0.408. The number of hydrogen-bond donors (Lipinski definition) is 1. The number of halogens is 1. The van der Waals surface area contributed by atoms with Crippen molar-refractivity contribution in [1.29, 1.82) is 0 Å². The molecular formula is C10H13FN2O2. The van der Waals surface area contributed by atoms with Crippen molar-refractivity contribution >= 4 is 0 Å². The zero-order chi connectivity index (χ0) is 11.7. The molecule has 82 valence electrons. The van der Waals surface area contributed by atoms with Crippen molar-refractivity contribution in [2.24, 2.45) is 5.73 Å². The van der Waals surface area contributed by atoms with Crippen LogP contribution >= 0.6 is 0 Å². The summed E-state index contributed by atoms with van der Waals surface area (Å²) in [5, 5.41) is 10.6. The molecule has 4 nitrogen and oxygen atoms in total. The first kappa shape index (κ1) is 11.6. The van der Waals surface area contributed by atoms with Crippen LogP contribution < -0.4 is 5.73 Å². The van der Waals surface area contributed by atoms with E-state index in [1.54, 1.807) is 6.92 Å². The van der Waals surface area contributed by atoms with Gasteiger partial charge in [-0.15, -0.1) is 0 Å². The summed E-state index contributed by atoms with van der Waals surface area (Å²) in [6.07, 6.45) is 6.26. The van der Waals surface area contributed by atoms with E-state index in [0.29, 0.717) is 0 Å². The van der Waals surface area contributed by atoms with Crippen molar-refractivity contribution in [3.8, 4) is 0 Å². The summed E-state index contributed by atoms with van der Waals surface area (Å²) in [5.41, 5.74) is 2.80. The maximum absolute atomic E-state index is 13.6. The molecule has 0 spiro atoms. The summed E-state index contributed by atoms with van der Waals surface area (Å²) in [4.78, 5) is 10.0. The number of alkyl halides is 1. The minimum Gasteiger partial charge on any atom is -0.319 e. The molecule has 1 aliphatic carbocycles. The van der Waals surface area contributed by atoms with E-state index < -0.39 is 16.1 Å². The zero-order valence-corrected chi connectivity index (χ0v) is 8.61. The Kier molecular flexibility index (Phi) is 2.77. The SMILES string of the molecule is CC1(F)/C=C\C([N+](=O)[O-])=C/C(C)(N)/C=C\1. The third-order valence-corrected chi connectivity index (χ3v) is 2.02. The van der Waals surface area contributed by atoms with Gasteiger partial charge in [0.05, 0.1) is 10.5 Å². The van der Waals surface area contributed by atoms with Gasteiger partial charge < -0.3 is 5.73 Å². The van der Waals surface area contributed by atoms with E-state index in [-0.39, 0.29) is 5.70 Å². The molecule has 0 aliphatic heterocycles. The van der Waals surface area contributed by atoms with E-state index in [4.69, 9.17) is 5.73 Å². The summed E-state index contributed by atoms with van der Waals surface area (Å²) in [6.45, 7) is 2.88. The van der Waals surface area contributed by atoms with Crippen molar-refractivity contribution in [2.45, 2.75) is 25.1 Å². The third kappa shape index (κ3) is 3.28. The summed E-state index contributed by atoms with van der Waals surface area (Å²) in [7, 11) is 0. The van der Waals surface area contributed by atoms with Crippen molar-refractivity contribution in [1.82, 2.24) is 0 Å². The van der Waals surface area contributed by atoms with Crippen LogP contribution in [0.15, 0.2) is 36.1 Å². The van der Waals surface area contributed by atoms with Gasteiger partial charge >= 0.3 is 0 Å². The molecule has 0 aromatic rings. The fourth-order valence-corrected chi connectivity index (χ4v) is 1.17. The average molecular weight is 212 g/mol. The van der Waals surface area contributed by atoms with Crippen LogP contribution in [0.25, 0.3) is 0 Å². The van der Waals surface area contributed by atoms with E-state index in [2.05, 4.69) is 0 Å². The Morgan fingerprint density at radius 2 is 2.00 bits per heavy atom. The van der Waals surface area contributed by atoms with Gasteiger partial charge in [0.2, 0.25) is 0 Å². The number of nitro groups is 1. The lowest BCUT2D eigenvalue weighted by atomic mass is 9.95. The Hall–Kier alpha value is -1.49. The Bertz CT molecular complexity index is 368. The summed E-state index contributed by atoms with van der Waals surface area (Å²) >= 11 is 0. The highest BCUT2D eigenvalue weighted by atomic mass is 19.1. The summed E-state index contributed by atoms with van der Waals surface area (Å²) in [6, 6.07) is 0. The standard InChI is InChI=1S/C10H13FN2O2/c1-9(11)4-3-8(13(14)15)7-10(2,12)6-5-9/h3-7H,12H2,1-2H3/b4-3-,6-5-,8-7+. The van der Waals surface area contributed by atoms with Gasteiger partial charge in [0, 0.05) is 12.2 Å². The fraction of sp³-hybridized carbons (Fsp3) is 0.400. The molecule has 0 amide bonds. The van der Waals surface area contributed by atoms with E-state index in [1.165, 1.54) is 25.2 Å². The van der Waals surface area contributed by atoms with Crippen molar-refractivity contribution in [3.63, 3.8) is 0 Å². The molecule has 0 heterocycles. The average Bonchev–Trinajstić information content (AvgIpc) is 2.07. The first-order valence-corrected chi connectivity index (χ1v) is 4.47. The molecule has 0 saturated heterocycles. The lowest BCUT2D eigenvalue weighted by molar-refractivity contribution is -0.419. The highest BCUT2D eigenvalue weighted by Crippen LogP contribution is 2.21. The number of allylic oxidation sites excluding steroid dienone is 3. The first-order chi connectivity index (χ1) is 6.72. The highest BCUT2D eigenvalue weighted by Gasteiger charge is 2.24. The van der Waals surface area contributed by atoms with Crippen LogP contribution in [0.5, 0.6) is 0 Å². The number of nitrogens with zero attached hydrogens (tertiary/aromatic N) is 1. The van der Waals surface area contributed by atoms with Gasteiger partial charge in [-0.25, -0.2) is 4.39 Å². The Morgan fingerprint density at radius 3 is 2.53 bits per heavy atom. The monoisotopic (exact) mass is 212 g/mol. The molecule has 0 saturated carbocycles. The molecule has 2 atom stereocenters. The second kappa shape index (κ2) is 3.58. The van der Waals surface area contributed by atoms with Gasteiger partial charge in [0.1, 0.15) is 5.67 Å². The molecule has 0 bridgehead atoms. The predicted molar refractivity (Wildman–Crippen MR) is 55.5 cm³/mol. The molecule has 0 radical (unpaired) electrons. The maximum Gasteiger partial charge on any atom is 0.267 e. The molecule has 0 fully saturated rings. The molecule has 2 unspecified atom stereocenters. The normalized spacial score (nSPS) is 43.3. The second-order valence-corrected chi connectivity index (χ2v) is 4.01. The zero-order valence-electron chi connectivity index (χ0n) is 8.61. The lowest BCUT2D eigenvalue weighted by Gasteiger charge is -2.19. The molecule has 1 aliphatic rings. The van der Waals surface area contributed by atoms with Crippen molar-refractivity contribution in [3.05, 3.63) is 46.2 Å². The minimum atomic E-state index is -1.71. The fourth-order valence-electron chi connectivity index (χ4n) is 1.17. The first-order valence-electron chi connectivity index (χ1n) is 4.47. The molecule has 5 heteroatoms. The smallest absolute Gasteiger partial charge is 0.267 e. The van der Waals surface area contributed by atoms with Crippen LogP contribution in [0.2, 0.25) is 0 Å². The van der Waals surface area contributed by atoms with Gasteiger partial charge in [-0.2, -0.15) is 0 Å². The van der Waals surface area contributed by atoms with Crippen molar-refractivity contribution < 1.29 is 9.31 Å². The van der Waals surface area contributed by atoms with Gasteiger partial charge in [0.25, 0.3) is 5.70 Å². The minimum absolute atomic E-state index is 0.201. The van der Waals surface area contributed by atoms with Crippen LogP contribution in [-0.4, -0.2) is 16.1 Å². The molecular weight excluding hydrogens is 199 g/mol. The Morgan fingerprint density at radius 1 is 1.40 bits per heavy atom. The molecule has 1 rings (SSSR count). The highest BCUT2D eigenvalue weighted by molar-refractivity contribution is 5.30. The molecule has 2 N–H and O–H groups in total. The molecule has 0 aromatic heterocycles. The summed E-state index contributed by atoms with van der Waals surface area (Å²) < 4.78 is 13.6. The summed E-state index contributed by atoms with van der Waals surface area (Å²) in [5.74, 6) is 0. The maximum atomic E-state index is 13.6. The van der Waals surface area contributed by atoms with E-state index in [1.807, 2.05) is 0 Å². The Labute approximate surface area is 87.1 Å². The van der Waals surface area contributed by atoms with Gasteiger partial charge in [-0.1, -0.05) is 6.08 Å². The third-order valence-electron chi connectivity index (χ3n) is 2.02. The molecule has 0 aromatic carbocycles. The van der Waals surface area contributed by atoms with E-state index in [0.717, 1.165) is 12.2 Å². The number of hydrogen-bond acceptors (Lipinski definition) is 3. The van der Waals surface area contributed by atoms with Crippen LogP contribution in [0.3, 0.4) is 0 Å². The predicted octanol–water partition coefficient (Wildman–Crippen LogP) is 1.72. The molecule has 15 heavy (non-hydrogen) atoms. The van der Waals surface area contributed by atoms with Gasteiger partial charge in [-0.05, 0) is 26.0 Å². The van der Waals surface area contributed by atoms with Gasteiger partial charge in [-0.3, -0.25) is 10.1 Å². The van der Waals surface area contributed by atoms with Gasteiger partial charge in [0.15, 0.2) is 0 Å². The van der Waals surface area contributed by atoms with Crippen LogP contribution in [-0.2, 0) is 0 Å². The largest absolute Gasteiger partial charge is 0.319 e.